The third-order valence-electron chi connectivity index (χ3n) is 1.86. The van der Waals surface area contributed by atoms with Crippen molar-refractivity contribution in [2.75, 3.05) is 6.54 Å². The number of hydrogen-bond acceptors (Lipinski definition) is 5. The quantitative estimate of drug-likeness (QED) is 0.494. The molecule has 0 bridgehead atoms. The van der Waals surface area contributed by atoms with Crippen LogP contribution in [-0.4, -0.2) is 31.1 Å². The van der Waals surface area contributed by atoms with E-state index in [1.807, 2.05) is 0 Å². The van der Waals surface area contributed by atoms with E-state index >= 15 is 0 Å². The summed E-state index contributed by atoms with van der Waals surface area (Å²) in [7, 11) is -3.52. The predicted octanol–water partition coefficient (Wildman–Crippen LogP) is -1.49. The molecule has 0 radical (unpaired) electrons. The number of imidazole rings is 1. The molecule has 14 heavy (non-hydrogen) atoms. The maximum Gasteiger partial charge on any atom is 0.275 e. The van der Waals surface area contributed by atoms with Crippen LogP contribution in [0.25, 0.3) is 0 Å². The second kappa shape index (κ2) is 3.65. The van der Waals surface area contributed by atoms with E-state index in [-0.39, 0.29) is 11.3 Å². The number of sulfonamides is 1. The third kappa shape index (κ3) is 1.93. The van der Waals surface area contributed by atoms with Crippen LogP contribution in [0.3, 0.4) is 0 Å². The highest BCUT2D eigenvalue weighted by molar-refractivity contribution is 7.89. The maximum atomic E-state index is 11.6. The zero-order valence-corrected chi connectivity index (χ0v) is 8.13. The molecule has 1 aromatic heterocycles. The Morgan fingerprint density at radius 2 is 2.43 bits per heavy atom. The van der Waals surface area contributed by atoms with Crippen molar-refractivity contribution in [2.45, 2.75) is 17.7 Å². The lowest BCUT2D eigenvalue weighted by Crippen LogP contribution is -2.44. The zero-order chi connectivity index (χ0) is 10.0. The molecule has 0 amide bonds. The summed E-state index contributed by atoms with van der Waals surface area (Å²) in [4.78, 5) is 6.22. The van der Waals surface area contributed by atoms with Gasteiger partial charge in [0, 0.05) is 18.9 Å². The molecule has 78 valence electrons. The molecule has 1 fully saturated rings. The summed E-state index contributed by atoms with van der Waals surface area (Å²) in [5.74, 6) is 0. The van der Waals surface area contributed by atoms with Crippen molar-refractivity contribution < 1.29 is 8.42 Å². The van der Waals surface area contributed by atoms with Crippen LogP contribution in [0.1, 0.15) is 6.42 Å². The summed E-state index contributed by atoms with van der Waals surface area (Å²) in [5.41, 5.74) is 5.63. The smallest absolute Gasteiger partial charge is 0.275 e. The number of hydrogen-bond donors (Lipinski definition) is 4. The monoisotopic (exact) mass is 217 g/mol. The Morgan fingerprint density at radius 1 is 1.57 bits per heavy atom. The van der Waals surface area contributed by atoms with E-state index in [4.69, 9.17) is 0 Å². The highest BCUT2D eigenvalue weighted by atomic mass is 32.2. The van der Waals surface area contributed by atoms with Gasteiger partial charge in [-0.05, 0) is 6.42 Å². The number of H-pyrrole nitrogens is 1. The summed E-state index contributed by atoms with van der Waals surface area (Å²) in [6, 6.07) is 0. The van der Waals surface area contributed by atoms with Gasteiger partial charge in [0.2, 0.25) is 5.16 Å². The van der Waals surface area contributed by atoms with Crippen LogP contribution in [0.2, 0.25) is 0 Å². The largest absolute Gasteiger partial charge is 0.334 e. The number of aromatic amines is 1. The van der Waals surface area contributed by atoms with Crippen LogP contribution in [0.15, 0.2) is 17.6 Å². The average molecular weight is 217 g/mol. The maximum absolute atomic E-state index is 11.6. The standard InChI is InChI=1S/C6H11N5O2S/c12-14(13,6-7-3-4-8-6)11-5-1-2-9-10-5/h3-5,9-11H,1-2H2,(H,7,8). The van der Waals surface area contributed by atoms with Gasteiger partial charge < -0.3 is 4.98 Å². The highest BCUT2D eigenvalue weighted by Gasteiger charge is 2.23. The van der Waals surface area contributed by atoms with E-state index in [1.165, 1.54) is 12.4 Å². The lowest BCUT2D eigenvalue weighted by atomic mass is 10.4. The van der Waals surface area contributed by atoms with Gasteiger partial charge in [0.15, 0.2) is 0 Å². The Kier molecular flexibility index (Phi) is 2.50. The summed E-state index contributed by atoms with van der Waals surface area (Å²) < 4.78 is 25.6. The SMILES string of the molecule is O=S(=O)(NC1CCNN1)c1ncc[nH]1. The minimum Gasteiger partial charge on any atom is -0.334 e. The molecule has 4 N–H and O–H groups in total. The lowest BCUT2D eigenvalue weighted by Gasteiger charge is -2.10. The van der Waals surface area contributed by atoms with E-state index < -0.39 is 10.0 Å². The molecule has 2 heterocycles. The number of aromatic nitrogens is 2. The molecule has 1 unspecified atom stereocenters. The van der Waals surface area contributed by atoms with Gasteiger partial charge in [0.1, 0.15) is 0 Å². The van der Waals surface area contributed by atoms with Gasteiger partial charge in [0.05, 0.1) is 6.17 Å². The second-order valence-electron chi connectivity index (χ2n) is 2.93. The topological polar surface area (TPSA) is 98.9 Å². The minimum absolute atomic E-state index is 0.0637. The summed E-state index contributed by atoms with van der Waals surface area (Å²) in [5, 5.41) is -0.0637. The molecule has 0 aromatic carbocycles. The van der Waals surface area contributed by atoms with Crippen molar-refractivity contribution in [3.8, 4) is 0 Å². The second-order valence-corrected chi connectivity index (χ2v) is 4.56. The fourth-order valence-corrected chi connectivity index (χ4v) is 2.30. The minimum atomic E-state index is -3.52. The van der Waals surface area contributed by atoms with Gasteiger partial charge in [-0.25, -0.2) is 18.8 Å². The van der Waals surface area contributed by atoms with Gasteiger partial charge >= 0.3 is 0 Å². The van der Waals surface area contributed by atoms with Crippen molar-refractivity contribution in [1.29, 1.82) is 0 Å². The first-order valence-electron chi connectivity index (χ1n) is 4.18. The van der Waals surface area contributed by atoms with Crippen LogP contribution in [0.4, 0.5) is 0 Å². The number of nitrogens with zero attached hydrogens (tertiary/aromatic N) is 1. The fraction of sp³-hybridized carbons (Fsp3) is 0.500. The summed E-state index contributed by atoms with van der Waals surface area (Å²) in [6.07, 6.45) is 3.30. The van der Waals surface area contributed by atoms with Gasteiger partial charge in [-0.3, -0.25) is 5.43 Å². The number of hydrazine groups is 1. The Hall–Kier alpha value is -0.960. The first kappa shape index (κ1) is 9.59. The van der Waals surface area contributed by atoms with Crippen molar-refractivity contribution in [3.63, 3.8) is 0 Å². The Labute approximate surface area is 81.3 Å². The van der Waals surface area contributed by atoms with Crippen LogP contribution in [-0.2, 0) is 10.0 Å². The zero-order valence-electron chi connectivity index (χ0n) is 7.32. The van der Waals surface area contributed by atoms with E-state index in [1.54, 1.807) is 0 Å². The Morgan fingerprint density at radius 3 is 3.00 bits per heavy atom. The molecule has 2 rings (SSSR count). The molecule has 1 saturated heterocycles. The molecule has 1 aliphatic heterocycles. The number of rotatable bonds is 3. The molecule has 1 atom stereocenters. The molecule has 8 heteroatoms. The van der Waals surface area contributed by atoms with E-state index in [2.05, 4.69) is 25.5 Å². The van der Waals surface area contributed by atoms with Crippen LogP contribution in [0, 0.1) is 0 Å². The summed E-state index contributed by atoms with van der Waals surface area (Å²) in [6.45, 7) is 0.741. The lowest BCUT2D eigenvalue weighted by molar-refractivity contribution is 0.504. The van der Waals surface area contributed by atoms with Crippen molar-refractivity contribution in [1.82, 2.24) is 25.5 Å². The van der Waals surface area contributed by atoms with Gasteiger partial charge in [-0.1, -0.05) is 0 Å². The predicted molar refractivity (Wildman–Crippen MR) is 48.5 cm³/mol. The van der Waals surface area contributed by atoms with Crippen molar-refractivity contribution in [2.24, 2.45) is 0 Å². The third-order valence-corrected chi connectivity index (χ3v) is 3.19. The van der Waals surface area contributed by atoms with Crippen LogP contribution in [0.5, 0.6) is 0 Å². The van der Waals surface area contributed by atoms with Crippen molar-refractivity contribution >= 4 is 10.0 Å². The van der Waals surface area contributed by atoms with E-state index in [0.717, 1.165) is 6.54 Å². The van der Waals surface area contributed by atoms with E-state index in [0.29, 0.717) is 6.42 Å². The fourth-order valence-electron chi connectivity index (χ4n) is 1.21. The normalized spacial score (nSPS) is 22.7. The molecular formula is C6H11N5O2S. The van der Waals surface area contributed by atoms with Gasteiger partial charge in [-0.15, -0.1) is 0 Å². The summed E-state index contributed by atoms with van der Waals surface area (Å²) >= 11 is 0. The van der Waals surface area contributed by atoms with Crippen LogP contribution >= 0.6 is 0 Å². The highest BCUT2D eigenvalue weighted by Crippen LogP contribution is 2.02. The molecule has 1 aliphatic rings. The first-order chi connectivity index (χ1) is 6.68. The van der Waals surface area contributed by atoms with Gasteiger partial charge in [0.25, 0.3) is 10.0 Å². The Balaban J connectivity index is 2.09. The van der Waals surface area contributed by atoms with Crippen LogP contribution < -0.4 is 15.6 Å². The average Bonchev–Trinajstić information content (AvgIpc) is 2.71. The van der Waals surface area contributed by atoms with Crippen molar-refractivity contribution in [3.05, 3.63) is 12.4 Å². The number of nitrogens with one attached hydrogen (secondary N) is 4. The molecule has 0 spiro atoms. The van der Waals surface area contributed by atoms with Gasteiger partial charge in [-0.2, -0.15) is 4.72 Å². The van der Waals surface area contributed by atoms with E-state index in [9.17, 15) is 8.42 Å². The molecule has 7 nitrogen and oxygen atoms in total. The Bertz CT molecular complexity index is 380. The molecule has 0 saturated carbocycles. The first-order valence-corrected chi connectivity index (χ1v) is 5.67. The molecule has 0 aliphatic carbocycles. The molecular weight excluding hydrogens is 206 g/mol. The molecule has 1 aromatic rings.